The van der Waals surface area contributed by atoms with Gasteiger partial charge in [-0.1, -0.05) is 54.6 Å². The quantitative estimate of drug-likeness (QED) is 0.210. The molecular formula is C36H44N6O5. The summed E-state index contributed by atoms with van der Waals surface area (Å²) in [6.45, 7) is 12.7. The van der Waals surface area contributed by atoms with Crippen LogP contribution >= 0.6 is 0 Å². The Morgan fingerprint density at radius 1 is 1.04 bits per heavy atom. The van der Waals surface area contributed by atoms with Crippen molar-refractivity contribution in [3.05, 3.63) is 79.9 Å². The highest BCUT2D eigenvalue weighted by molar-refractivity contribution is 6.03. The van der Waals surface area contributed by atoms with Crippen LogP contribution in [0.1, 0.15) is 39.5 Å². The molecule has 47 heavy (non-hydrogen) atoms. The highest BCUT2D eigenvalue weighted by Gasteiger charge is 2.80. The molecule has 3 unspecified atom stereocenters. The number of benzene rings is 2. The number of carbonyl (C=O) groups is 3. The molecule has 3 aliphatic rings. The van der Waals surface area contributed by atoms with Gasteiger partial charge in [-0.3, -0.25) is 14.4 Å². The third-order valence-corrected chi connectivity index (χ3v) is 10.4. The molecule has 3 aromatic rings. The van der Waals surface area contributed by atoms with E-state index < -0.39 is 29.1 Å². The molecule has 1 N–H and O–H groups in total. The monoisotopic (exact) mass is 640 g/mol. The van der Waals surface area contributed by atoms with Crippen molar-refractivity contribution in [1.82, 2.24) is 24.8 Å². The normalized spacial score (nSPS) is 27.6. The Balaban J connectivity index is 1.41. The number of anilines is 1. The second-order valence-electron chi connectivity index (χ2n) is 13.2. The van der Waals surface area contributed by atoms with E-state index in [2.05, 4.69) is 23.5 Å². The number of amides is 3. The molecule has 3 fully saturated rings. The van der Waals surface area contributed by atoms with E-state index in [4.69, 9.17) is 4.74 Å². The molecule has 0 aliphatic carbocycles. The maximum absolute atomic E-state index is 14.9. The van der Waals surface area contributed by atoms with E-state index in [1.807, 2.05) is 68.4 Å². The van der Waals surface area contributed by atoms with Gasteiger partial charge in [-0.15, -0.1) is 18.3 Å². The second kappa shape index (κ2) is 13.0. The third-order valence-electron chi connectivity index (χ3n) is 10.4. The van der Waals surface area contributed by atoms with E-state index in [0.717, 1.165) is 5.52 Å². The van der Waals surface area contributed by atoms with Crippen molar-refractivity contribution in [3.63, 3.8) is 0 Å². The zero-order valence-corrected chi connectivity index (χ0v) is 27.2. The standard InChI is InChI=1S/C36H44N6O5/c1-5-19-39(24-42-28-18-12-11-17-27(28)37-38-42)34(46)31-36-23-25(3)35(4,47-36)29(30(36)33(45)41(31)21-13-8-14-22-43)32(44)40(20-6-2)26-15-9-7-10-16-26/h5-7,9-12,15-18,25,29-31,43H,1-2,8,13-14,19-24H2,3-4H3/t25?,29-,30+,31?,35+,36?/m1/s1. The van der Waals surface area contributed by atoms with E-state index >= 15 is 0 Å². The number of aliphatic hydroxyl groups is 1. The lowest BCUT2D eigenvalue weighted by atomic mass is 9.62. The highest BCUT2D eigenvalue weighted by Crippen LogP contribution is 2.65. The maximum atomic E-state index is 14.9. The second-order valence-corrected chi connectivity index (χ2v) is 13.2. The van der Waals surface area contributed by atoms with Crippen molar-refractivity contribution in [1.29, 1.82) is 0 Å². The van der Waals surface area contributed by atoms with E-state index in [0.29, 0.717) is 43.4 Å². The zero-order chi connectivity index (χ0) is 33.3. The molecule has 2 aromatic carbocycles. The smallest absolute Gasteiger partial charge is 0.250 e. The minimum Gasteiger partial charge on any atom is -0.396 e. The number of likely N-dealkylation sites (tertiary alicyclic amines) is 1. The van der Waals surface area contributed by atoms with Crippen LogP contribution in [0, 0.1) is 17.8 Å². The van der Waals surface area contributed by atoms with Crippen LogP contribution in [-0.4, -0.2) is 91.1 Å². The molecular weight excluding hydrogens is 596 g/mol. The summed E-state index contributed by atoms with van der Waals surface area (Å²) in [5.41, 5.74) is 0.0453. The van der Waals surface area contributed by atoms with Gasteiger partial charge in [0.05, 0.1) is 23.0 Å². The van der Waals surface area contributed by atoms with Crippen LogP contribution in [0.25, 0.3) is 11.0 Å². The molecule has 4 heterocycles. The molecule has 11 heteroatoms. The first kappa shape index (κ1) is 32.6. The summed E-state index contributed by atoms with van der Waals surface area (Å²) in [6.07, 6.45) is 5.69. The SMILES string of the molecule is C=CCN(Cn1nnc2ccccc21)C(=O)C1N(CCCCCO)C(=O)[C@@H]2[C@H](C(=O)N(CC=C)c3ccccc3)[C@@]3(C)OC12CC3C. The number of ether oxygens (including phenoxy) is 1. The Bertz CT molecular complexity index is 1660. The summed E-state index contributed by atoms with van der Waals surface area (Å²) >= 11 is 0. The molecule has 1 spiro atoms. The first-order valence-electron chi connectivity index (χ1n) is 16.5. The van der Waals surface area contributed by atoms with Crippen molar-refractivity contribution in [2.75, 3.05) is 31.1 Å². The molecule has 3 saturated heterocycles. The average molecular weight is 641 g/mol. The van der Waals surface area contributed by atoms with Gasteiger partial charge in [0.1, 0.15) is 23.8 Å². The van der Waals surface area contributed by atoms with Gasteiger partial charge in [0.15, 0.2) is 0 Å². The lowest BCUT2D eigenvalue weighted by Crippen LogP contribution is -2.57. The van der Waals surface area contributed by atoms with Crippen LogP contribution in [0.4, 0.5) is 5.69 Å². The first-order chi connectivity index (χ1) is 22.7. The van der Waals surface area contributed by atoms with Gasteiger partial charge >= 0.3 is 0 Å². The van der Waals surface area contributed by atoms with Crippen molar-refractivity contribution >= 4 is 34.4 Å². The maximum Gasteiger partial charge on any atom is 0.250 e. The number of para-hydroxylation sites is 2. The van der Waals surface area contributed by atoms with Gasteiger partial charge in [-0.2, -0.15) is 0 Å². The Hall–Kier alpha value is -4.35. The fourth-order valence-electron chi connectivity index (χ4n) is 8.16. The summed E-state index contributed by atoms with van der Waals surface area (Å²) in [5, 5.41) is 18.0. The molecule has 6 atom stereocenters. The van der Waals surface area contributed by atoms with Crippen LogP contribution in [0.2, 0.25) is 0 Å². The number of hydrogen-bond acceptors (Lipinski definition) is 7. The molecule has 0 saturated carbocycles. The minimum absolute atomic E-state index is 0.0516. The summed E-state index contributed by atoms with van der Waals surface area (Å²) < 4.78 is 8.66. The zero-order valence-electron chi connectivity index (χ0n) is 27.2. The van der Waals surface area contributed by atoms with Crippen molar-refractivity contribution in [2.24, 2.45) is 17.8 Å². The number of aromatic nitrogens is 3. The number of rotatable bonds is 14. The Labute approximate surface area is 275 Å². The Morgan fingerprint density at radius 3 is 2.49 bits per heavy atom. The van der Waals surface area contributed by atoms with Crippen LogP contribution in [-0.2, 0) is 25.8 Å². The average Bonchev–Trinajstić information content (AvgIpc) is 3.75. The van der Waals surface area contributed by atoms with E-state index in [1.54, 1.807) is 31.5 Å². The number of unbranched alkanes of at least 4 members (excludes halogenated alkanes) is 2. The molecule has 3 amide bonds. The lowest BCUT2D eigenvalue weighted by molar-refractivity contribution is -0.153. The highest BCUT2D eigenvalue weighted by atomic mass is 16.5. The van der Waals surface area contributed by atoms with Gasteiger partial charge in [0.2, 0.25) is 17.7 Å². The minimum atomic E-state index is -1.19. The van der Waals surface area contributed by atoms with Crippen LogP contribution in [0.3, 0.4) is 0 Å². The fourth-order valence-corrected chi connectivity index (χ4v) is 8.16. The van der Waals surface area contributed by atoms with Gasteiger partial charge in [0.25, 0.3) is 0 Å². The summed E-state index contributed by atoms with van der Waals surface area (Å²) in [5.74, 6) is -2.47. The van der Waals surface area contributed by atoms with Crippen LogP contribution in [0.5, 0.6) is 0 Å². The number of carbonyl (C=O) groups excluding carboxylic acids is 3. The van der Waals surface area contributed by atoms with E-state index in [9.17, 15) is 19.5 Å². The third kappa shape index (κ3) is 5.35. The summed E-state index contributed by atoms with van der Waals surface area (Å²) in [4.78, 5) is 49.2. The topological polar surface area (TPSA) is 121 Å². The number of aliphatic hydroxyl groups excluding tert-OH is 1. The van der Waals surface area contributed by atoms with Gasteiger partial charge in [-0.05, 0) is 62.8 Å². The van der Waals surface area contributed by atoms with Crippen molar-refractivity contribution in [3.8, 4) is 0 Å². The van der Waals surface area contributed by atoms with Gasteiger partial charge in [0, 0.05) is 31.9 Å². The largest absolute Gasteiger partial charge is 0.396 e. The Morgan fingerprint density at radius 2 is 1.77 bits per heavy atom. The lowest BCUT2D eigenvalue weighted by Gasteiger charge is -2.39. The van der Waals surface area contributed by atoms with Crippen molar-refractivity contribution in [2.45, 2.75) is 63.4 Å². The predicted molar refractivity (Wildman–Crippen MR) is 178 cm³/mol. The molecule has 2 bridgehead atoms. The van der Waals surface area contributed by atoms with Gasteiger partial charge in [-0.25, -0.2) is 4.68 Å². The molecule has 11 nitrogen and oxygen atoms in total. The Kier molecular flexibility index (Phi) is 9.04. The van der Waals surface area contributed by atoms with E-state index in [-0.39, 0.29) is 50.0 Å². The first-order valence-corrected chi connectivity index (χ1v) is 16.5. The fraction of sp³-hybridized carbons (Fsp3) is 0.472. The molecule has 248 valence electrons. The van der Waals surface area contributed by atoms with Crippen LogP contribution < -0.4 is 4.90 Å². The number of fused-ring (bicyclic) bond motifs is 2. The number of nitrogens with zero attached hydrogens (tertiary/aromatic N) is 6. The molecule has 0 radical (unpaired) electrons. The molecule has 1 aromatic heterocycles. The predicted octanol–water partition coefficient (Wildman–Crippen LogP) is 3.80. The summed E-state index contributed by atoms with van der Waals surface area (Å²) in [6, 6.07) is 16.0. The van der Waals surface area contributed by atoms with E-state index in [1.165, 1.54) is 0 Å². The summed E-state index contributed by atoms with van der Waals surface area (Å²) in [7, 11) is 0. The van der Waals surface area contributed by atoms with Gasteiger partial charge < -0.3 is 24.5 Å². The van der Waals surface area contributed by atoms with Crippen LogP contribution in [0.15, 0.2) is 79.9 Å². The number of hydrogen-bond donors (Lipinski definition) is 1. The van der Waals surface area contributed by atoms with Crippen molar-refractivity contribution < 1.29 is 24.2 Å². The molecule has 6 rings (SSSR count). The molecule has 3 aliphatic heterocycles.